The van der Waals surface area contributed by atoms with Gasteiger partial charge in [0.15, 0.2) is 0 Å². The third kappa shape index (κ3) is 5.36. The van der Waals surface area contributed by atoms with Crippen LogP contribution in [0.15, 0.2) is 12.1 Å². The summed E-state index contributed by atoms with van der Waals surface area (Å²) in [7, 11) is 0. The Morgan fingerprint density at radius 1 is 1.03 bits per heavy atom. The van der Waals surface area contributed by atoms with Crippen molar-refractivity contribution in [2.45, 2.75) is 122 Å². The van der Waals surface area contributed by atoms with Crippen molar-refractivity contribution in [3.8, 4) is 0 Å². The average Bonchev–Trinajstić information content (AvgIpc) is 3.52. The van der Waals surface area contributed by atoms with Crippen LogP contribution in [0.5, 0.6) is 0 Å². The minimum absolute atomic E-state index is 0.132. The number of nitrogens with one attached hydrogen (secondary N) is 1. The fourth-order valence-corrected chi connectivity index (χ4v) is 7.87. The Kier molecular flexibility index (Phi) is 7.63. The first-order valence-corrected chi connectivity index (χ1v) is 14.8. The van der Waals surface area contributed by atoms with E-state index in [4.69, 9.17) is 0 Å². The number of aromatic nitrogens is 3. The Morgan fingerprint density at radius 3 is 2.37 bits per heavy atom. The number of nitrogens with zero attached hydrogens (tertiary/aromatic N) is 4. The number of carbonyl (C=O) groups is 1. The van der Waals surface area contributed by atoms with Crippen LogP contribution in [0.25, 0.3) is 0 Å². The Hall–Kier alpha value is -1.73. The van der Waals surface area contributed by atoms with E-state index in [9.17, 15) is 4.79 Å². The number of fused-ring (bicyclic) bond motifs is 2. The molecule has 1 amide bonds. The van der Waals surface area contributed by atoms with E-state index >= 15 is 0 Å². The van der Waals surface area contributed by atoms with Gasteiger partial charge < -0.3 is 9.88 Å². The number of hydrogen-bond donors (Lipinski definition) is 1. The van der Waals surface area contributed by atoms with E-state index in [2.05, 4.69) is 64.8 Å². The van der Waals surface area contributed by atoms with Crippen LogP contribution in [0.3, 0.4) is 0 Å². The molecule has 2 aliphatic heterocycles. The van der Waals surface area contributed by atoms with Crippen LogP contribution < -0.4 is 5.32 Å². The van der Waals surface area contributed by atoms with E-state index in [1.54, 1.807) is 0 Å². The summed E-state index contributed by atoms with van der Waals surface area (Å²) in [5.41, 5.74) is 0. The van der Waals surface area contributed by atoms with Crippen molar-refractivity contribution < 1.29 is 4.79 Å². The minimum atomic E-state index is 0.132. The Labute approximate surface area is 214 Å². The highest BCUT2D eigenvalue weighted by atomic mass is 32.1. The van der Waals surface area contributed by atoms with Gasteiger partial charge in [-0.05, 0) is 70.9 Å². The summed E-state index contributed by atoms with van der Waals surface area (Å²) in [6.07, 6.45) is 11.7. The van der Waals surface area contributed by atoms with Gasteiger partial charge in [-0.1, -0.05) is 33.1 Å². The number of piperidine rings is 1. The van der Waals surface area contributed by atoms with Crippen molar-refractivity contribution in [3.05, 3.63) is 33.5 Å². The monoisotopic (exact) mass is 497 g/mol. The lowest BCUT2D eigenvalue weighted by Gasteiger charge is -2.40. The zero-order valence-electron chi connectivity index (χ0n) is 22.0. The van der Waals surface area contributed by atoms with Gasteiger partial charge in [0.2, 0.25) is 5.91 Å². The number of aryl methyl sites for hydroxylation is 2. The Morgan fingerprint density at radius 2 is 1.74 bits per heavy atom. The molecular formula is C28H43N5OS. The van der Waals surface area contributed by atoms with Gasteiger partial charge in [-0.2, -0.15) is 0 Å². The molecule has 0 radical (unpaired) electrons. The van der Waals surface area contributed by atoms with Crippen LogP contribution in [0.1, 0.15) is 117 Å². The lowest BCUT2D eigenvalue weighted by Crippen LogP contribution is -2.45. The number of amides is 1. The smallest absolute Gasteiger partial charge is 0.223 e. The van der Waals surface area contributed by atoms with Gasteiger partial charge in [0.05, 0.1) is 6.04 Å². The van der Waals surface area contributed by atoms with Crippen LogP contribution in [0.2, 0.25) is 0 Å². The van der Waals surface area contributed by atoms with Crippen molar-refractivity contribution in [3.63, 3.8) is 0 Å². The fourth-order valence-electron chi connectivity index (χ4n) is 6.91. The zero-order chi connectivity index (χ0) is 24.5. The highest BCUT2D eigenvalue weighted by Gasteiger charge is 2.42. The zero-order valence-corrected chi connectivity index (χ0v) is 22.8. The molecule has 6 nitrogen and oxygen atoms in total. The molecular weight excluding hydrogens is 454 g/mol. The molecule has 2 aromatic heterocycles. The van der Waals surface area contributed by atoms with Crippen molar-refractivity contribution in [1.29, 1.82) is 0 Å². The molecule has 1 aliphatic carbocycles. The molecule has 2 saturated heterocycles. The summed E-state index contributed by atoms with van der Waals surface area (Å²) in [6, 6.07) is 6.32. The van der Waals surface area contributed by atoms with Crippen LogP contribution in [0, 0.1) is 19.8 Å². The van der Waals surface area contributed by atoms with Crippen molar-refractivity contribution in [2.24, 2.45) is 5.92 Å². The van der Waals surface area contributed by atoms with Gasteiger partial charge in [-0.15, -0.1) is 21.5 Å². The molecule has 3 fully saturated rings. The molecule has 4 atom stereocenters. The quantitative estimate of drug-likeness (QED) is 0.480. The molecule has 2 aromatic rings. The number of hydrogen-bond acceptors (Lipinski definition) is 5. The van der Waals surface area contributed by atoms with Gasteiger partial charge in [0, 0.05) is 46.3 Å². The largest absolute Gasteiger partial charge is 0.348 e. The van der Waals surface area contributed by atoms with Gasteiger partial charge in [-0.25, -0.2) is 0 Å². The summed E-state index contributed by atoms with van der Waals surface area (Å²) in [4.78, 5) is 18.5. The maximum Gasteiger partial charge on any atom is 0.223 e. The number of carbonyl (C=O) groups excluding carboxylic acids is 1. The minimum Gasteiger partial charge on any atom is -0.348 e. The lowest BCUT2D eigenvalue weighted by molar-refractivity contribution is -0.126. The number of thiophene rings is 1. The predicted octanol–water partition coefficient (Wildman–Crippen LogP) is 6.08. The third-order valence-corrected chi connectivity index (χ3v) is 9.82. The Balaban J connectivity index is 1.25. The molecule has 3 aliphatic rings. The second kappa shape index (κ2) is 10.7. The van der Waals surface area contributed by atoms with E-state index < -0.39 is 0 Å². The first kappa shape index (κ1) is 24.9. The van der Waals surface area contributed by atoms with Gasteiger partial charge >= 0.3 is 0 Å². The summed E-state index contributed by atoms with van der Waals surface area (Å²) in [6.45, 7) is 9.77. The average molecular weight is 498 g/mol. The standard InChI is InChI=1S/C28H43N5OS/c1-18(2)27-31-30-20(4)33(27)24-16-22-11-12-23(17-24)32(22)15-14-25(26-13-10-19(3)35-26)29-28(34)21-8-6-5-7-9-21/h10,13,18,21-25H,5-9,11-12,14-17H2,1-4H3,(H,29,34)/t22-,23+,24-,25-/m0/s1. The van der Waals surface area contributed by atoms with Crippen molar-refractivity contribution in [2.75, 3.05) is 6.54 Å². The molecule has 192 valence electrons. The van der Waals surface area contributed by atoms with E-state index in [-0.39, 0.29) is 17.9 Å². The highest BCUT2D eigenvalue weighted by molar-refractivity contribution is 7.12. The van der Waals surface area contributed by atoms with Gasteiger partial charge in [0.25, 0.3) is 0 Å². The SMILES string of the molecule is Cc1ccc([C@H](CCN2[C@@H]3CC[C@H]2C[C@H](n2c(C)nnc2C(C)C)C3)NC(=O)C2CCCCC2)s1. The van der Waals surface area contributed by atoms with Crippen LogP contribution in [0.4, 0.5) is 0 Å². The molecule has 2 bridgehead atoms. The van der Waals surface area contributed by atoms with E-state index in [0.29, 0.717) is 24.0 Å². The molecule has 35 heavy (non-hydrogen) atoms. The molecule has 5 rings (SSSR count). The molecule has 0 spiro atoms. The van der Waals surface area contributed by atoms with Crippen LogP contribution >= 0.6 is 11.3 Å². The van der Waals surface area contributed by atoms with Gasteiger partial charge in [0.1, 0.15) is 11.6 Å². The normalized spacial score (nSPS) is 26.4. The second-order valence-electron chi connectivity index (χ2n) is 11.5. The molecule has 4 heterocycles. The van der Waals surface area contributed by atoms with E-state index in [1.807, 2.05) is 11.3 Å². The highest BCUT2D eigenvalue weighted by Crippen LogP contribution is 2.42. The molecule has 1 N–H and O–H groups in total. The maximum absolute atomic E-state index is 13.1. The van der Waals surface area contributed by atoms with E-state index in [0.717, 1.165) is 37.5 Å². The Bertz CT molecular complexity index is 993. The third-order valence-electron chi connectivity index (χ3n) is 8.71. The van der Waals surface area contributed by atoms with Crippen LogP contribution in [-0.2, 0) is 4.79 Å². The second-order valence-corrected chi connectivity index (χ2v) is 12.8. The van der Waals surface area contributed by atoms with E-state index in [1.165, 1.54) is 54.7 Å². The van der Waals surface area contributed by atoms with Crippen molar-refractivity contribution in [1.82, 2.24) is 25.0 Å². The lowest BCUT2D eigenvalue weighted by atomic mass is 9.88. The van der Waals surface area contributed by atoms with Crippen LogP contribution in [-0.4, -0.2) is 44.2 Å². The first-order valence-electron chi connectivity index (χ1n) is 13.9. The topological polar surface area (TPSA) is 63.1 Å². The maximum atomic E-state index is 13.1. The summed E-state index contributed by atoms with van der Waals surface area (Å²) in [5, 5.41) is 12.4. The fraction of sp³-hybridized carbons (Fsp3) is 0.750. The molecule has 7 heteroatoms. The van der Waals surface area contributed by atoms with Gasteiger partial charge in [-0.3, -0.25) is 9.69 Å². The first-order chi connectivity index (χ1) is 16.9. The predicted molar refractivity (Wildman–Crippen MR) is 142 cm³/mol. The summed E-state index contributed by atoms with van der Waals surface area (Å²) >= 11 is 1.84. The number of rotatable bonds is 8. The van der Waals surface area contributed by atoms with Crippen molar-refractivity contribution >= 4 is 17.2 Å². The summed E-state index contributed by atoms with van der Waals surface area (Å²) < 4.78 is 2.44. The molecule has 0 unspecified atom stereocenters. The molecule has 1 saturated carbocycles. The summed E-state index contributed by atoms with van der Waals surface area (Å²) in [5.74, 6) is 3.09. The molecule has 0 aromatic carbocycles.